The lowest BCUT2D eigenvalue weighted by Crippen LogP contribution is -1.94. The van der Waals surface area contributed by atoms with E-state index in [-0.39, 0.29) is 0 Å². The molecule has 0 radical (unpaired) electrons. The average Bonchev–Trinajstić information content (AvgIpc) is 2.64. The van der Waals surface area contributed by atoms with Gasteiger partial charge in [-0.15, -0.1) is 0 Å². The molecule has 0 saturated carbocycles. The van der Waals surface area contributed by atoms with Gasteiger partial charge in [0.25, 0.3) is 5.22 Å². The summed E-state index contributed by atoms with van der Waals surface area (Å²) in [6.45, 7) is 1.89. The van der Waals surface area contributed by atoms with Crippen molar-refractivity contribution in [2.24, 2.45) is 0 Å². The topological polar surface area (TPSA) is 77.8 Å². The molecule has 0 bridgehead atoms. The van der Waals surface area contributed by atoms with Gasteiger partial charge in [0.15, 0.2) is 0 Å². The van der Waals surface area contributed by atoms with Crippen molar-refractivity contribution in [2.75, 3.05) is 5.73 Å². The van der Waals surface area contributed by atoms with Crippen LogP contribution in [0.1, 0.15) is 11.4 Å². The Hall–Kier alpha value is -1.56. The fourth-order valence-electron chi connectivity index (χ4n) is 0.974. The van der Waals surface area contributed by atoms with Gasteiger partial charge in [-0.2, -0.15) is 0 Å². The van der Waals surface area contributed by atoms with E-state index in [2.05, 4.69) is 15.0 Å². The zero-order chi connectivity index (χ0) is 10.7. The van der Waals surface area contributed by atoms with Crippen LogP contribution in [0.3, 0.4) is 0 Å². The smallest absolute Gasteiger partial charge is 0.256 e. The van der Waals surface area contributed by atoms with E-state index in [1.807, 2.05) is 6.92 Å². The molecule has 2 rings (SSSR count). The highest BCUT2D eigenvalue weighted by Gasteiger charge is 2.03. The molecule has 0 fully saturated rings. The molecule has 0 aliphatic heterocycles. The van der Waals surface area contributed by atoms with Crippen molar-refractivity contribution in [1.82, 2.24) is 15.0 Å². The summed E-state index contributed by atoms with van der Waals surface area (Å²) in [5, 5.41) is 0.645. The maximum Gasteiger partial charge on any atom is 0.256 e. The molecule has 0 aromatic carbocycles. The van der Waals surface area contributed by atoms with Crippen LogP contribution in [0.15, 0.2) is 28.3 Å². The van der Waals surface area contributed by atoms with Crippen molar-refractivity contribution < 1.29 is 4.42 Å². The third-order valence-electron chi connectivity index (χ3n) is 1.67. The number of thioether (sulfide) groups is 1. The van der Waals surface area contributed by atoms with E-state index in [4.69, 9.17) is 10.2 Å². The number of aryl methyl sites for hydroxylation is 1. The highest BCUT2D eigenvalue weighted by molar-refractivity contribution is 7.98. The molecule has 0 atom stereocenters. The molecule has 2 heterocycles. The lowest BCUT2D eigenvalue weighted by Gasteiger charge is -1.97. The average molecular weight is 222 g/mol. The normalized spacial score (nSPS) is 10.5. The second-order valence-corrected chi connectivity index (χ2v) is 3.90. The molecule has 2 aromatic rings. The number of nitrogen functional groups attached to an aromatic ring is 1. The first-order valence-electron chi connectivity index (χ1n) is 4.35. The van der Waals surface area contributed by atoms with Crippen molar-refractivity contribution in [3.8, 4) is 0 Å². The Morgan fingerprint density at radius 2 is 2.27 bits per heavy atom. The molecular weight excluding hydrogens is 212 g/mol. The molecule has 0 saturated heterocycles. The molecule has 6 heteroatoms. The number of rotatable bonds is 3. The van der Waals surface area contributed by atoms with Crippen LogP contribution in [-0.2, 0) is 5.75 Å². The van der Waals surface area contributed by atoms with Gasteiger partial charge in [-0.05, 0) is 6.92 Å². The Morgan fingerprint density at radius 1 is 1.40 bits per heavy atom. The van der Waals surface area contributed by atoms with Crippen LogP contribution in [-0.4, -0.2) is 15.0 Å². The predicted octanol–water partition coefficient (Wildman–Crippen LogP) is 1.65. The lowest BCUT2D eigenvalue weighted by molar-refractivity contribution is 0.454. The molecule has 0 aliphatic rings. The van der Waals surface area contributed by atoms with Crippen molar-refractivity contribution in [2.45, 2.75) is 17.9 Å². The standard InChI is InChI=1S/C9H10N4OS/c1-6-4-14-9(13-6)15-5-7-2-12-8(10)3-11-7/h2-4H,5H2,1H3,(H2,10,12). The first-order chi connectivity index (χ1) is 7.24. The van der Waals surface area contributed by atoms with Crippen LogP contribution in [0.4, 0.5) is 5.82 Å². The van der Waals surface area contributed by atoms with E-state index in [0.717, 1.165) is 11.4 Å². The Bertz CT molecular complexity index is 440. The van der Waals surface area contributed by atoms with Crippen molar-refractivity contribution in [3.63, 3.8) is 0 Å². The second-order valence-electron chi connectivity index (χ2n) is 2.98. The summed E-state index contributed by atoms with van der Waals surface area (Å²) >= 11 is 1.48. The molecule has 2 N–H and O–H groups in total. The van der Waals surface area contributed by atoms with Crippen LogP contribution in [0.5, 0.6) is 0 Å². The maximum absolute atomic E-state index is 5.43. The third-order valence-corrected chi connectivity index (χ3v) is 2.54. The number of aromatic nitrogens is 3. The van der Waals surface area contributed by atoms with Crippen LogP contribution in [0.2, 0.25) is 0 Å². The molecule has 0 amide bonds. The monoisotopic (exact) mass is 222 g/mol. The minimum absolute atomic E-state index is 0.427. The Morgan fingerprint density at radius 3 is 2.87 bits per heavy atom. The summed E-state index contributed by atoms with van der Waals surface area (Å²) in [5.74, 6) is 1.10. The number of oxazole rings is 1. The summed E-state index contributed by atoms with van der Waals surface area (Å²) in [6.07, 6.45) is 4.81. The number of anilines is 1. The van der Waals surface area contributed by atoms with Gasteiger partial charge < -0.3 is 10.2 Å². The van der Waals surface area contributed by atoms with Crippen molar-refractivity contribution in [1.29, 1.82) is 0 Å². The number of hydrogen-bond donors (Lipinski definition) is 1. The Kier molecular flexibility index (Phi) is 2.86. The predicted molar refractivity (Wildman–Crippen MR) is 57.2 cm³/mol. The molecule has 15 heavy (non-hydrogen) atoms. The van der Waals surface area contributed by atoms with E-state index in [9.17, 15) is 0 Å². The van der Waals surface area contributed by atoms with Gasteiger partial charge in [0, 0.05) is 5.75 Å². The van der Waals surface area contributed by atoms with Gasteiger partial charge in [0.2, 0.25) is 0 Å². The Balaban J connectivity index is 1.96. The van der Waals surface area contributed by atoms with Gasteiger partial charge in [0.05, 0.1) is 23.8 Å². The largest absolute Gasteiger partial charge is 0.440 e. The molecular formula is C9H10N4OS. The fourth-order valence-corrected chi connectivity index (χ4v) is 1.72. The lowest BCUT2D eigenvalue weighted by atomic mass is 10.5. The van der Waals surface area contributed by atoms with Crippen LogP contribution in [0, 0.1) is 6.92 Å². The first-order valence-corrected chi connectivity index (χ1v) is 5.34. The summed E-state index contributed by atoms with van der Waals surface area (Å²) in [7, 11) is 0. The van der Waals surface area contributed by atoms with Gasteiger partial charge in [-0.1, -0.05) is 11.8 Å². The van der Waals surface area contributed by atoms with Crippen molar-refractivity contribution >= 4 is 17.6 Å². The van der Waals surface area contributed by atoms with Crippen LogP contribution >= 0.6 is 11.8 Å². The number of hydrogen-bond acceptors (Lipinski definition) is 6. The molecule has 5 nitrogen and oxygen atoms in total. The van der Waals surface area contributed by atoms with Gasteiger partial charge >= 0.3 is 0 Å². The van der Waals surface area contributed by atoms with E-state index < -0.39 is 0 Å². The number of nitrogens with two attached hydrogens (primary N) is 1. The van der Waals surface area contributed by atoms with Crippen molar-refractivity contribution in [3.05, 3.63) is 30.0 Å². The summed E-state index contributed by atoms with van der Waals surface area (Å²) in [4.78, 5) is 12.2. The van der Waals surface area contributed by atoms with Gasteiger partial charge in [-0.3, -0.25) is 4.98 Å². The quantitative estimate of drug-likeness (QED) is 0.795. The van der Waals surface area contributed by atoms with E-state index in [1.54, 1.807) is 12.5 Å². The number of nitrogens with zero attached hydrogens (tertiary/aromatic N) is 3. The fraction of sp³-hybridized carbons (Fsp3) is 0.222. The third kappa shape index (κ3) is 2.69. The Labute approximate surface area is 91.1 Å². The highest BCUT2D eigenvalue weighted by Crippen LogP contribution is 2.20. The summed E-state index contributed by atoms with van der Waals surface area (Å²) < 4.78 is 5.19. The molecule has 0 spiro atoms. The first kappa shape index (κ1) is 9.97. The van der Waals surface area contributed by atoms with Gasteiger partial charge in [0.1, 0.15) is 12.1 Å². The maximum atomic E-state index is 5.43. The minimum Gasteiger partial charge on any atom is -0.440 e. The second kappa shape index (κ2) is 4.31. The van der Waals surface area contributed by atoms with Crippen LogP contribution in [0.25, 0.3) is 0 Å². The zero-order valence-corrected chi connectivity index (χ0v) is 8.99. The van der Waals surface area contributed by atoms with Crippen LogP contribution < -0.4 is 5.73 Å². The van der Waals surface area contributed by atoms with E-state index in [0.29, 0.717) is 16.8 Å². The SMILES string of the molecule is Cc1coc(SCc2cnc(N)cn2)n1. The summed E-state index contributed by atoms with van der Waals surface area (Å²) in [6, 6.07) is 0. The van der Waals surface area contributed by atoms with E-state index in [1.165, 1.54) is 18.0 Å². The summed E-state index contributed by atoms with van der Waals surface area (Å²) in [5.41, 5.74) is 7.15. The zero-order valence-electron chi connectivity index (χ0n) is 8.17. The van der Waals surface area contributed by atoms with Gasteiger partial charge in [-0.25, -0.2) is 9.97 Å². The molecule has 0 unspecified atom stereocenters. The molecule has 0 aliphatic carbocycles. The molecule has 78 valence electrons. The molecule has 2 aromatic heterocycles. The van der Waals surface area contributed by atoms with E-state index >= 15 is 0 Å². The highest BCUT2D eigenvalue weighted by atomic mass is 32.2. The minimum atomic E-state index is 0.427.